The number of carbonyl (C=O) groups is 2. The summed E-state index contributed by atoms with van der Waals surface area (Å²) in [5, 5.41) is 43.4. The molecule has 3 rings (SSSR count). The van der Waals surface area contributed by atoms with E-state index in [1.807, 2.05) is 0 Å². The molecule has 28 heavy (non-hydrogen) atoms. The fraction of sp³-hybridized carbons (Fsp3) is 0.800. The van der Waals surface area contributed by atoms with E-state index in [9.17, 15) is 30.0 Å². The summed E-state index contributed by atoms with van der Waals surface area (Å²) < 4.78 is 10.6. The molecule has 0 aromatic heterocycles. The molecule has 2 saturated heterocycles. The maximum absolute atomic E-state index is 12.1. The molecule has 1 saturated carbocycles. The van der Waals surface area contributed by atoms with E-state index in [-0.39, 0.29) is 31.3 Å². The van der Waals surface area contributed by atoms with Crippen LogP contribution in [0, 0.1) is 17.8 Å². The first-order valence-electron chi connectivity index (χ1n) is 9.78. The zero-order chi connectivity index (χ0) is 21.0. The maximum Gasteiger partial charge on any atom is 0.334 e. The number of hydrogen-bond acceptors (Lipinski definition) is 8. The van der Waals surface area contributed by atoms with E-state index >= 15 is 0 Å². The van der Waals surface area contributed by atoms with Crippen LogP contribution in [-0.2, 0) is 19.1 Å². The predicted octanol–water partition coefficient (Wildman–Crippen LogP) is 0.0597. The Hall–Kier alpha value is -1.48. The first kappa shape index (κ1) is 21.2. The van der Waals surface area contributed by atoms with Crippen LogP contribution in [-0.4, -0.2) is 68.0 Å². The largest absolute Gasteiger partial charge is 0.459 e. The van der Waals surface area contributed by atoms with Crippen molar-refractivity contribution in [3.05, 3.63) is 12.2 Å². The van der Waals surface area contributed by atoms with Crippen LogP contribution in [0.5, 0.6) is 0 Å². The van der Waals surface area contributed by atoms with Gasteiger partial charge in [-0.3, -0.25) is 4.79 Å². The Morgan fingerprint density at radius 1 is 0.964 bits per heavy atom. The Morgan fingerprint density at radius 2 is 1.50 bits per heavy atom. The Labute approximate surface area is 164 Å². The molecule has 8 nitrogen and oxygen atoms in total. The summed E-state index contributed by atoms with van der Waals surface area (Å²) in [5.74, 6) is -2.64. The minimum absolute atomic E-state index is 0.0645. The maximum atomic E-state index is 12.1. The molecule has 2 aliphatic heterocycles. The van der Waals surface area contributed by atoms with Crippen molar-refractivity contribution >= 4 is 11.9 Å². The number of esters is 2. The van der Waals surface area contributed by atoms with Gasteiger partial charge < -0.3 is 29.9 Å². The molecule has 0 amide bonds. The van der Waals surface area contributed by atoms with E-state index in [0.29, 0.717) is 0 Å². The monoisotopic (exact) mass is 398 g/mol. The van der Waals surface area contributed by atoms with Crippen LogP contribution in [0.2, 0.25) is 0 Å². The summed E-state index contributed by atoms with van der Waals surface area (Å²) >= 11 is 0. The first-order chi connectivity index (χ1) is 12.9. The lowest BCUT2D eigenvalue weighted by atomic mass is 9.73. The van der Waals surface area contributed by atoms with Gasteiger partial charge in [0.1, 0.15) is 24.4 Å². The van der Waals surface area contributed by atoms with Gasteiger partial charge in [0, 0.05) is 17.4 Å². The summed E-state index contributed by atoms with van der Waals surface area (Å²) in [6.07, 6.45) is -3.95. The fourth-order valence-electron chi connectivity index (χ4n) is 4.67. The minimum atomic E-state index is -1.59. The number of carbonyl (C=O) groups excluding carboxylic acids is 2. The van der Waals surface area contributed by atoms with Crippen LogP contribution in [0.1, 0.15) is 46.5 Å². The van der Waals surface area contributed by atoms with E-state index < -0.39 is 65.3 Å². The molecule has 0 aromatic carbocycles. The second-order valence-corrected chi connectivity index (χ2v) is 9.04. The number of fused-ring (bicyclic) bond motifs is 2. The van der Waals surface area contributed by atoms with Crippen LogP contribution in [0.25, 0.3) is 0 Å². The predicted molar refractivity (Wildman–Crippen MR) is 96.8 cm³/mol. The van der Waals surface area contributed by atoms with Crippen molar-refractivity contribution in [2.45, 2.75) is 82.1 Å². The molecule has 0 spiro atoms. The van der Waals surface area contributed by atoms with Gasteiger partial charge in [-0.25, -0.2) is 4.79 Å². The Morgan fingerprint density at radius 3 is 2.11 bits per heavy atom. The van der Waals surface area contributed by atoms with Crippen molar-refractivity contribution < 1.29 is 39.5 Å². The van der Waals surface area contributed by atoms with Gasteiger partial charge in [-0.15, -0.1) is 0 Å². The summed E-state index contributed by atoms with van der Waals surface area (Å²) in [5.41, 5.74) is -3.01. The van der Waals surface area contributed by atoms with E-state index in [2.05, 4.69) is 6.58 Å². The van der Waals surface area contributed by atoms with Gasteiger partial charge in [-0.05, 0) is 39.5 Å². The number of rotatable bonds is 0. The third-order valence-corrected chi connectivity index (χ3v) is 6.88. The van der Waals surface area contributed by atoms with Crippen molar-refractivity contribution in [3.63, 3.8) is 0 Å². The average Bonchev–Trinajstić information content (AvgIpc) is 3.06. The van der Waals surface area contributed by atoms with Crippen LogP contribution in [0.4, 0.5) is 0 Å². The lowest BCUT2D eigenvalue weighted by Crippen LogP contribution is -2.53. The van der Waals surface area contributed by atoms with E-state index in [1.165, 1.54) is 13.8 Å². The summed E-state index contributed by atoms with van der Waals surface area (Å²) in [7, 11) is 0. The molecule has 158 valence electrons. The number of hydrogen-bond donors (Lipinski definition) is 4. The number of ether oxygens (including phenoxy) is 2. The highest BCUT2D eigenvalue weighted by Crippen LogP contribution is 2.43. The smallest absolute Gasteiger partial charge is 0.334 e. The quantitative estimate of drug-likeness (QED) is 0.332. The van der Waals surface area contributed by atoms with E-state index in [1.54, 1.807) is 6.92 Å². The molecule has 8 heteroatoms. The second-order valence-electron chi connectivity index (χ2n) is 9.04. The molecule has 9 atom stereocenters. The SMILES string of the molecule is C=C1C(=O)O[C@H]2[C@@H]1CC[C@](C)(O)[C@H](O)[C@H]1OC(=O)[C@H](C)[C@H]1CC[C@](C)(O)[C@@H]2O. The van der Waals surface area contributed by atoms with Crippen LogP contribution < -0.4 is 0 Å². The molecule has 0 bridgehead atoms. The van der Waals surface area contributed by atoms with Crippen LogP contribution >= 0.6 is 0 Å². The Kier molecular flexibility index (Phi) is 5.38. The molecule has 2 heterocycles. The highest BCUT2D eigenvalue weighted by atomic mass is 16.6. The third-order valence-electron chi connectivity index (χ3n) is 6.88. The summed E-state index contributed by atoms with van der Waals surface area (Å²) in [6.45, 7) is 8.33. The Bertz CT molecular complexity index is 667. The zero-order valence-electron chi connectivity index (χ0n) is 16.5. The van der Waals surface area contributed by atoms with Gasteiger partial charge in [0.2, 0.25) is 0 Å². The lowest BCUT2D eigenvalue weighted by molar-refractivity contribution is -0.168. The molecule has 3 aliphatic rings. The van der Waals surface area contributed by atoms with Crippen molar-refractivity contribution in [2.75, 3.05) is 0 Å². The molecule has 3 fully saturated rings. The van der Waals surface area contributed by atoms with Gasteiger partial charge in [-0.1, -0.05) is 13.5 Å². The topological polar surface area (TPSA) is 134 Å². The molecule has 0 unspecified atom stereocenters. The standard InChI is InChI=1S/C20H30O8/c1-9-11-5-7-19(3,25)16(22)14-12(10(2)18(24)28-14)6-8-20(4,26)15(21)13(11)27-17(9)23/h10-16,21-22,25-26H,1,5-8H2,2-4H3/t10-,11-,12-,13+,14+,15-,16-,19+,20+/m1/s1. The van der Waals surface area contributed by atoms with Gasteiger partial charge in [0.15, 0.2) is 0 Å². The van der Waals surface area contributed by atoms with Gasteiger partial charge >= 0.3 is 11.9 Å². The van der Waals surface area contributed by atoms with Gasteiger partial charge in [-0.2, -0.15) is 0 Å². The summed E-state index contributed by atoms with van der Waals surface area (Å²) in [6, 6.07) is 0. The zero-order valence-corrected chi connectivity index (χ0v) is 16.5. The first-order valence-corrected chi connectivity index (χ1v) is 9.78. The average molecular weight is 398 g/mol. The minimum Gasteiger partial charge on any atom is -0.459 e. The molecular weight excluding hydrogens is 368 g/mol. The van der Waals surface area contributed by atoms with Crippen LogP contribution in [0.15, 0.2) is 12.2 Å². The van der Waals surface area contributed by atoms with Gasteiger partial charge in [0.25, 0.3) is 0 Å². The lowest BCUT2D eigenvalue weighted by Gasteiger charge is -2.39. The highest BCUT2D eigenvalue weighted by Gasteiger charge is 2.54. The van der Waals surface area contributed by atoms with Gasteiger partial charge in [0.05, 0.1) is 17.1 Å². The third kappa shape index (κ3) is 3.47. The van der Waals surface area contributed by atoms with Crippen molar-refractivity contribution in [1.82, 2.24) is 0 Å². The normalized spacial score (nSPS) is 50.1. The van der Waals surface area contributed by atoms with Crippen molar-refractivity contribution in [2.24, 2.45) is 17.8 Å². The number of aliphatic hydroxyl groups is 4. The number of aliphatic hydroxyl groups excluding tert-OH is 2. The Balaban J connectivity index is 1.96. The van der Waals surface area contributed by atoms with Crippen molar-refractivity contribution in [3.8, 4) is 0 Å². The summed E-state index contributed by atoms with van der Waals surface area (Å²) in [4.78, 5) is 24.1. The van der Waals surface area contributed by atoms with Crippen LogP contribution in [0.3, 0.4) is 0 Å². The molecule has 0 radical (unpaired) electrons. The fourth-order valence-corrected chi connectivity index (χ4v) is 4.67. The highest BCUT2D eigenvalue weighted by molar-refractivity contribution is 5.90. The molecular formula is C20H30O8. The molecule has 0 aromatic rings. The second kappa shape index (κ2) is 7.09. The molecule has 4 N–H and O–H groups in total. The van der Waals surface area contributed by atoms with E-state index in [0.717, 1.165) is 0 Å². The molecule has 1 aliphatic carbocycles. The van der Waals surface area contributed by atoms with Crippen molar-refractivity contribution in [1.29, 1.82) is 0 Å². The van der Waals surface area contributed by atoms with E-state index in [4.69, 9.17) is 9.47 Å².